The van der Waals surface area contributed by atoms with Crippen molar-refractivity contribution in [1.29, 1.82) is 0 Å². The van der Waals surface area contributed by atoms with E-state index in [9.17, 15) is 14.7 Å². The predicted molar refractivity (Wildman–Crippen MR) is 117 cm³/mol. The highest BCUT2D eigenvalue weighted by molar-refractivity contribution is 6.18. The molecule has 4 N–H and O–H groups in total. The number of rotatable bonds is 6. The van der Waals surface area contributed by atoms with Crippen LogP contribution in [0.4, 0.5) is 0 Å². The van der Waals surface area contributed by atoms with Crippen LogP contribution in [-0.2, 0) is 18.3 Å². The van der Waals surface area contributed by atoms with Crippen molar-refractivity contribution in [3.63, 3.8) is 0 Å². The number of aliphatic hydroxyl groups excluding tert-OH is 1. The largest absolute Gasteiger partial charge is 0.381 e. The summed E-state index contributed by atoms with van der Waals surface area (Å²) in [7, 11) is 1.96. The third kappa shape index (κ3) is 3.53. The second kappa shape index (κ2) is 8.00. The number of carbonyl (C=O) groups is 2. The Morgan fingerprint density at radius 3 is 2.37 bits per heavy atom. The number of carbonyl (C=O) groups excluding carboxylic acids is 2. The summed E-state index contributed by atoms with van der Waals surface area (Å²) in [6.07, 6.45) is -1.22. The van der Waals surface area contributed by atoms with Gasteiger partial charge in [0, 0.05) is 34.4 Å². The van der Waals surface area contributed by atoms with Crippen molar-refractivity contribution in [3.8, 4) is 0 Å². The quantitative estimate of drug-likeness (QED) is 0.463. The predicted octanol–water partition coefficient (Wildman–Crippen LogP) is 2.52. The lowest BCUT2D eigenvalue weighted by Crippen LogP contribution is -2.50. The van der Waals surface area contributed by atoms with Gasteiger partial charge in [0.1, 0.15) is 0 Å². The summed E-state index contributed by atoms with van der Waals surface area (Å²) in [5, 5.41) is 15.0. The standard InChI is InChI=1S/C24H23N3O3/c1-27-19-12-6-5-10-16(19)21-17(11-7-13-20(21)27)24(30)26-18(22(28)23(25)29)14-15-8-3-2-4-9-15/h2-13,18,22,28H,14H2,1H3,(H2,25,29)(H,26,30). The maximum absolute atomic E-state index is 13.3. The molecule has 2 unspecified atom stereocenters. The van der Waals surface area contributed by atoms with E-state index in [2.05, 4.69) is 5.32 Å². The van der Waals surface area contributed by atoms with Crippen molar-refractivity contribution in [2.45, 2.75) is 18.6 Å². The van der Waals surface area contributed by atoms with Crippen LogP contribution in [0, 0.1) is 0 Å². The number of amides is 2. The molecule has 0 fully saturated rings. The second-order valence-electron chi connectivity index (χ2n) is 7.39. The van der Waals surface area contributed by atoms with Gasteiger partial charge in [0.2, 0.25) is 5.91 Å². The topological polar surface area (TPSA) is 97.3 Å². The van der Waals surface area contributed by atoms with Crippen LogP contribution in [0.2, 0.25) is 0 Å². The molecule has 3 aromatic carbocycles. The first-order valence-corrected chi connectivity index (χ1v) is 9.75. The monoisotopic (exact) mass is 401 g/mol. The summed E-state index contributed by atoms with van der Waals surface area (Å²) in [4.78, 5) is 24.9. The van der Waals surface area contributed by atoms with Gasteiger partial charge >= 0.3 is 0 Å². The summed E-state index contributed by atoms with van der Waals surface area (Å²) < 4.78 is 2.04. The first-order valence-electron chi connectivity index (χ1n) is 9.75. The average Bonchev–Trinajstić information content (AvgIpc) is 3.06. The molecule has 0 bridgehead atoms. The number of hydrogen-bond donors (Lipinski definition) is 3. The normalized spacial score (nSPS) is 13.3. The lowest BCUT2D eigenvalue weighted by Gasteiger charge is -2.22. The van der Waals surface area contributed by atoms with E-state index < -0.39 is 18.1 Å². The number of fused-ring (bicyclic) bond motifs is 3. The van der Waals surface area contributed by atoms with Crippen LogP contribution in [0.1, 0.15) is 15.9 Å². The lowest BCUT2D eigenvalue weighted by molar-refractivity contribution is -0.127. The first kappa shape index (κ1) is 19.7. The van der Waals surface area contributed by atoms with E-state index in [1.54, 1.807) is 6.07 Å². The number of aryl methyl sites for hydroxylation is 1. The van der Waals surface area contributed by atoms with Crippen LogP contribution in [-0.4, -0.2) is 33.6 Å². The molecule has 152 valence electrons. The van der Waals surface area contributed by atoms with E-state index in [0.717, 1.165) is 27.4 Å². The Hall–Kier alpha value is -3.64. The van der Waals surface area contributed by atoms with Gasteiger partial charge in [-0.15, -0.1) is 0 Å². The minimum atomic E-state index is -1.50. The molecule has 6 heteroatoms. The van der Waals surface area contributed by atoms with E-state index in [1.807, 2.05) is 78.3 Å². The highest BCUT2D eigenvalue weighted by atomic mass is 16.3. The molecular weight excluding hydrogens is 378 g/mol. The van der Waals surface area contributed by atoms with Crippen molar-refractivity contribution in [1.82, 2.24) is 9.88 Å². The number of para-hydroxylation sites is 1. The summed E-state index contributed by atoms with van der Waals surface area (Å²) in [5.74, 6) is -1.24. The van der Waals surface area contributed by atoms with E-state index in [-0.39, 0.29) is 12.3 Å². The molecule has 0 aliphatic carbocycles. The number of aromatic nitrogens is 1. The van der Waals surface area contributed by atoms with Gasteiger partial charge in [0.15, 0.2) is 6.10 Å². The molecule has 0 aliphatic heterocycles. The Labute approximate surface area is 173 Å². The molecule has 1 aromatic heterocycles. The Bertz CT molecular complexity index is 1230. The fraction of sp³-hybridized carbons (Fsp3) is 0.167. The smallest absolute Gasteiger partial charge is 0.252 e. The first-order chi connectivity index (χ1) is 14.5. The average molecular weight is 401 g/mol. The van der Waals surface area contributed by atoms with Crippen molar-refractivity contribution in [2.24, 2.45) is 12.8 Å². The van der Waals surface area contributed by atoms with Crippen LogP contribution in [0.15, 0.2) is 72.8 Å². The van der Waals surface area contributed by atoms with Crippen LogP contribution in [0.5, 0.6) is 0 Å². The maximum Gasteiger partial charge on any atom is 0.252 e. The Morgan fingerprint density at radius 2 is 1.63 bits per heavy atom. The zero-order valence-corrected chi connectivity index (χ0v) is 16.6. The number of nitrogens with zero attached hydrogens (tertiary/aromatic N) is 1. The van der Waals surface area contributed by atoms with E-state index in [4.69, 9.17) is 5.73 Å². The highest BCUT2D eigenvalue weighted by Gasteiger charge is 2.27. The summed E-state index contributed by atoms with van der Waals surface area (Å²) in [6.45, 7) is 0. The molecular formula is C24H23N3O3. The van der Waals surface area contributed by atoms with Gasteiger partial charge < -0.3 is 20.7 Å². The van der Waals surface area contributed by atoms with Crippen molar-refractivity contribution in [3.05, 3.63) is 83.9 Å². The van der Waals surface area contributed by atoms with Crippen LogP contribution < -0.4 is 11.1 Å². The number of benzene rings is 3. The summed E-state index contributed by atoms with van der Waals surface area (Å²) in [5.41, 5.74) is 8.64. The molecule has 0 spiro atoms. The summed E-state index contributed by atoms with van der Waals surface area (Å²) >= 11 is 0. The van der Waals surface area contributed by atoms with Gasteiger partial charge in [0.25, 0.3) is 5.91 Å². The van der Waals surface area contributed by atoms with Gasteiger partial charge in [-0.1, -0.05) is 54.6 Å². The number of hydrogen-bond acceptors (Lipinski definition) is 3. The highest BCUT2D eigenvalue weighted by Crippen LogP contribution is 2.30. The SMILES string of the molecule is Cn1c2ccccc2c2c(C(=O)NC(Cc3ccccc3)C(O)C(N)=O)cccc21. The minimum Gasteiger partial charge on any atom is -0.381 e. The molecule has 0 radical (unpaired) electrons. The Morgan fingerprint density at radius 1 is 0.967 bits per heavy atom. The zero-order valence-electron chi connectivity index (χ0n) is 16.6. The maximum atomic E-state index is 13.3. The van der Waals surface area contributed by atoms with Crippen molar-refractivity contribution in [2.75, 3.05) is 0 Å². The van der Waals surface area contributed by atoms with Crippen LogP contribution in [0.25, 0.3) is 21.8 Å². The molecule has 30 heavy (non-hydrogen) atoms. The molecule has 1 heterocycles. The van der Waals surface area contributed by atoms with Gasteiger partial charge in [-0.05, 0) is 30.2 Å². The van der Waals surface area contributed by atoms with Gasteiger partial charge in [-0.25, -0.2) is 0 Å². The van der Waals surface area contributed by atoms with Gasteiger partial charge in [-0.2, -0.15) is 0 Å². The third-order valence-corrected chi connectivity index (χ3v) is 5.47. The number of primary amides is 1. The number of nitrogens with one attached hydrogen (secondary N) is 1. The molecule has 6 nitrogen and oxygen atoms in total. The fourth-order valence-electron chi connectivity index (χ4n) is 3.95. The van der Waals surface area contributed by atoms with E-state index >= 15 is 0 Å². The van der Waals surface area contributed by atoms with E-state index in [0.29, 0.717) is 5.56 Å². The van der Waals surface area contributed by atoms with E-state index in [1.165, 1.54) is 0 Å². The Kier molecular flexibility index (Phi) is 5.25. The van der Waals surface area contributed by atoms with Crippen molar-refractivity contribution >= 4 is 33.6 Å². The molecule has 4 rings (SSSR count). The van der Waals surface area contributed by atoms with Gasteiger partial charge in [0.05, 0.1) is 6.04 Å². The minimum absolute atomic E-state index is 0.280. The zero-order chi connectivity index (χ0) is 21.3. The molecule has 2 amide bonds. The van der Waals surface area contributed by atoms with Crippen molar-refractivity contribution < 1.29 is 14.7 Å². The Balaban J connectivity index is 1.73. The number of nitrogens with two attached hydrogens (primary N) is 1. The second-order valence-corrected chi connectivity index (χ2v) is 7.39. The van der Waals surface area contributed by atoms with Crippen LogP contribution in [0.3, 0.4) is 0 Å². The molecule has 4 aromatic rings. The number of aliphatic hydroxyl groups is 1. The van der Waals surface area contributed by atoms with Crippen LogP contribution >= 0.6 is 0 Å². The molecule has 0 saturated carbocycles. The molecule has 0 saturated heterocycles. The van der Waals surface area contributed by atoms with Gasteiger partial charge in [-0.3, -0.25) is 9.59 Å². The lowest BCUT2D eigenvalue weighted by atomic mass is 9.99. The molecule has 0 aliphatic rings. The third-order valence-electron chi connectivity index (χ3n) is 5.47. The fourth-order valence-corrected chi connectivity index (χ4v) is 3.95. The molecule has 2 atom stereocenters. The summed E-state index contributed by atoms with van der Waals surface area (Å²) in [6, 6.07) is 21.9.